The van der Waals surface area contributed by atoms with Crippen LogP contribution in [-0.2, 0) is 18.3 Å². The van der Waals surface area contributed by atoms with Crippen molar-refractivity contribution in [2.45, 2.75) is 4.90 Å². The fourth-order valence-electron chi connectivity index (χ4n) is 0.675. The molecule has 0 radical (unpaired) electrons. The molecule has 1 aromatic rings. The van der Waals surface area contributed by atoms with Crippen LogP contribution in [-0.4, -0.2) is 16.8 Å². The number of halogens is 3. The molecule has 1 rings (SSSR count). The van der Waals surface area contributed by atoms with Crippen molar-refractivity contribution < 1.29 is 16.8 Å². The van der Waals surface area contributed by atoms with Crippen molar-refractivity contribution in [2.24, 2.45) is 5.14 Å². The van der Waals surface area contributed by atoms with E-state index in [0.717, 1.165) is 0 Å². The summed E-state index contributed by atoms with van der Waals surface area (Å²) in [5.74, 6) is 0. The third-order valence-corrected chi connectivity index (χ3v) is 2.55. The molecular weight excluding hydrogens is 321 g/mol. The zero-order valence-electron chi connectivity index (χ0n) is 7.47. The van der Waals surface area contributed by atoms with Gasteiger partial charge >= 0.3 is 8.26 Å². The van der Waals surface area contributed by atoms with Crippen LogP contribution in [0, 0.1) is 0 Å². The fourth-order valence-corrected chi connectivity index (χ4v) is 1.74. The maximum atomic E-state index is 10.7. The third kappa shape index (κ3) is 8.14. The molecule has 0 heterocycles. The Labute approximate surface area is 107 Å². The van der Waals surface area contributed by atoms with Crippen molar-refractivity contribution in [3.05, 3.63) is 29.3 Å². The topological polar surface area (TPSA) is 94.3 Å². The van der Waals surface area contributed by atoms with Gasteiger partial charge in [-0.3, -0.25) is 0 Å². The summed E-state index contributed by atoms with van der Waals surface area (Å²) in [6, 6.07) is 6.03. The van der Waals surface area contributed by atoms with Crippen LogP contribution in [0.5, 0.6) is 0 Å². The van der Waals surface area contributed by atoms with Crippen LogP contribution < -0.4 is 5.14 Å². The van der Waals surface area contributed by atoms with Crippen LogP contribution in [0.15, 0.2) is 29.2 Å². The van der Waals surface area contributed by atoms with E-state index in [1.807, 2.05) is 0 Å². The zero-order valence-corrected chi connectivity index (χ0v) is 11.4. The van der Waals surface area contributed by atoms with E-state index < -0.39 is 18.3 Å². The number of primary sulfonamides is 1. The van der Waals surface area contributed by atoms with Crippen molar-refractivity contribution in [2.75, 3.05) is 0 Å². The Morgan fingerprint density at radius 3 is 1.62 bits per heavy atom. The monoisotopic (exact) mass is 325 g/mol. The minimum absolute atomic E-state index is 0.0401. The third-order valence-electron chi connectivity index (χ3n) is 1.14. The summed E-state index contributed by atoms with van der Waals surface area (Å²) >= 11 is 5.55. The molecule has 0 aliphatic carbocycles. The Hall–Kier alpha value is -0.0500. The Kier molecular flexibility index (Phi) is 6.02. The maximum Gasteiger partial charge on any atom is 0.317 e. The van der Waals surface area contributed by atoms with Crippen LogP contribution in [0.1, 0.15) is 0 Å². The second-order valence-corrected chi connectivity index (χ2v) is 7.96. The molecular formula is C6H6Cl3NO4S2. The van der Waals surface area contributed by atoms with Gasteiger partial charge in [-0.15, -0.1) is 0 Å². The molecule has 5 nitrogen and oxygen atoms in total. The summed E-state index contributed by atoms with van der Waals surface area (Å²) < 4.78 is 39.8. The van der Waals surface area contributed by atoms with Gasteiger partial charge in [0.05, 0.1) is 5.02 Å². The van der Waals surface area contributed by atoms with Crippen LogP contribution >= 0.6 is 33.0 Å². The quantitative estimate of drug-likeness (QED) is 0.795. The molecule has 0 bridgehead atoms. The SMILES string of the molecule is NS(=O)(=O)c1ccccc1Cl.O=S(=O)(Cl)Cl. The van der Waals surface area contributed by atoms with Gasteiger partial charge in [-0.25, -0.2) is 13.6 Å². The van der Waals surface area contributed by atoms with E-state index in [1.165, 1.54) is 12.1 Å². The summed E-state index contributed by atoms with van der Waals surface area (Å²) in [6.07, 6.45) is 0. The second-order valence-electron chi connectivity index (χ2n) is 2.35. The highest BCUT2D eigenvalue weighted by atomic mass is 36.0. The average Bonchev–Trinajstić information content (AvgIpc) is 1.99. The standard InChI is InChI=1S/C6H6ClNO2S.Cl2O2S/c7-5-3-1-2-4-6(5)11(8,9)10;1-5(2,3)4/h1-4H,(H2,8,9,10);. The number of hydrogen-bond acceptors (Lipinski definition) is 4. The number of sulfonamides is 1. The molecule has 0 aliphatic rings. The van der Waals surface area contributed by atoms with Crippen LogP contribution in [0.4, 0.5) is 0 Å². The Balaban J connectivity index is 0.000000385. The Bertz CT molecular complexity index is 547. The van der Waals surface area contributed by atoms with E-state index in [4.69, 9.17) is 25.2 Å². The molecule has 2 N–H and O–H groups in total. The van der Waals surface area contributed by atoms with E-state index >= 15 is 0 Å². The summed E-state index contributed by atoms with van der Waals surface area (Å²) in [5.41, 5.74) is 0. The molecule has 0 aromatic heterocycles. The first-order valence-electron chi connectivity index (χ1n) is 3.43. The van der Waals surface area contributed by atoms with Gasteiger partial charge in [0.1, 0.15) is 4.90 Å². The first-order chi connectivity index (χ1) is 7.02. The van der Waals surface area contributed by atoms with Crippen molar-refractivity contribution in [3.63, 3.8) is 0 Å². The van der Waals surface area contributed by atoms with Gasteiger partial charge in [0.2, 0.25) is 10.0 Å². The number of hydrogen-bond donors (Lipinski definition) is 1. The molecule has 0 unspecified atom stereocenters. The van der Waals surface area contributed by atoms with Crippen molar-refractivity contribution in [3.8, 4) is 0 Å². The average molecular weight is 327 g/mol. The molecule has 0 aliphatic heterocycles. The first-order valence-corrected chi connectivity index (χ1v) is 8.49. The lowest BCUT2D eigenvalue weighted by molar-refractivity contribution is 0.597. The predicted molar refractivity (Wildman–Crippen MR) is 63.5 cm³/mol. The van der Waals surface area contributed by atoms with Gasteiger partial charge < -0.3 is 0 Å². The van der Waals surface area contributed by atoms with Gasteiger partial charge in [-0.1, -0.05) is 23.7 Å². The molecule has 0 spiro atoms. The highest BCUT2D eigenvalue weighted by molar-refractivity contribution is 8.31. The van der Waals surface area contributed by atoms with E-state index in [1.54, 1.807) is 12.1 Å². The molecule has 1 aromatic carbocycles. The van der Waals surface area contributed by atoms with Gasteiger partial charge in [0.25, 0.3) is 0 Å². The molecule has 92 valence electrons. The molecule has 0 amide bonds. The molecule has 0 saturated carbocycles. The molecule has 0 atom stereocenters. The van der Waals surface area contributed by atoms with Gasteiger partial charge in [0.15, 0.2) is 0 Å². The summed E-state index contributed by atoms with van der Waals surface area (Å²) in [7, 11) is 1.15. The minimum Gasteiger partial charge on any atom is -0.225 e. The largest absolute Gasteiger partial charge is 0.317 e. The summed E-state index contributed by atoms with van der Waals surface area (Å²) in [6.45, 7) is 0. The minimum atomic E-state index is -3.72. The Morgan fingerprint density at radius 1 is 1.00 bits per heavy atom. The lowest BCUT2D eigenvalue weighted by Crippen LogP contribution is -2.12. The smallest absolute Gasteiger partial charge is 0.225 e. The molecule has 16 heavy (non-hydrogen) atoms. The lowest BCUT2D eigenvalue weighted by atomic mass is 10.4. The summed E-state index contributed by atoms with van der Waals surface area (Å²) in [5, 5.41) is 4.99. The van der Waals surface area contributed by atoms with E-state index in [0.29, 0.717) is 0 Å². The van der Waals surface area contributed by atoms with Gasteiger partial charge in [-0.05, 0) is 12.1 Å². The zero-order chi connectivity index (χ0) is 13.0. The van der Waals surface area contributed by atoms with E-state index in [-0.39, 0.29) is 9.92 Å². The molecule has 0 saturated heterocycles. The fraction of sp³-hybridized carbons (Fsp3) is 0. The highest BCUT2D eigenvalue weighted by Gasteiger charge is 2.10. The highest BCUT2D eigenvalue weighted by Crippen LogP contribution is 2.18. The van der Waals surface area contributed by atoms with Crippen molar-refractivity contribution in [1.29, 1.82) is 0 Å². The maximum absolute atomic E-state index is 10.7. The second kappa shape index (κ2) is 6.04. The number of nitrogens with two attached hydrogens (primary N) is 1. The van der Waals surface area contributed by atoms with Crippen molar-refractivity contribution >= 4 is 51.3 Å². The number of rotatable bonds is 1. The first kappa shape index (κ1) is 16.0. The lowest BCUT2D eigenvalue weighted by Gasteiger charge is -1.98. The predicted octanol–water partition coefficient (Wildman–Crippen LogP) is 1.70. The Morgan fingerprint density at radius 2 is 1.38 bits per heavy atom. The van der Waals surface area contributed by atoms with Crippen molar-refractivity contribution in [1.82, 2.24) is 0 Å². The number of benzene rings is 1. The molecule has 0 fully saturated rings. The van der Waals surface area contributed by atoms with E-state index in [9.17, 15) is 8.42 Å². The van der Waals surface area contributed by atoms with Crippen LogP contribution in [0.25, 0.3) is 0 Å². The normalized spacial score (nSPS) is 11.5. The van der Waals surface area contributed by atoms with Crippen LogP contribution in [0.3, 0.4) is 0 Å². The molecule has 10 heteroatoms. The van der Waals surface area contributed by atoms with Crippen LogP contribution in [0.2, 0.25) is 5.02 Å². The van der Waals surface area contributed by atoms with E-state index in [2.05, 4.69) is 21.4 Å². The van der Waals surface area contributed by atoms with Gasteiger partial charge in [0, 0.05) is 21.4 Å². The van der Waals surface area contributed by atoms with Gasteiger partial charge in [-0.2, -0.15) is 8.42 Å². The summed E-state index contributed by atoms with van der Waals surface area (Å²) in [4.78, 5) is -0.0401.